The second-order valence-electron chi connectivity index (χ2n) is 3.00. The summed E-state index contributed by atoms with van der Waals surface area (Å²) in [5.74, 6) is 0. The summed E-state index contributed by atoms with van der Waals surface area (Å²) >= 11 is 9.51. The monoisotopic (exact) mass is 276 g/mol. The van der Waals surface area contributed by atoms with Crippen LogP contribution in [0.3, 0.4) is 0 Å². The first kappa shape index (κ1) is 11.8. The molecule has 0 N–H and O–H groups in total. The Morgan fingerprint density at radius 2 is 2.29 bits per heavy atom. The van der Waals surface area contributed by atoms with Crippen molar-refractivity contribution in [3.05, 3.63) is 23.5 Å². The third kappa shape index (κ3) is 3.14. The van der Waals surface area contributed by atoms with Crippen molar-refractivity contribution in [1.29, 1.82) is 0 Å². The fourth-order valence-electron chi connectivity index (χ4n) is 1.35. The summed E-state index contributed by atoms with van der Waals surface area (Å²) in [5.41, 5.74) is 1.07. The lowest BCUT2D eigenvalue weighted by molar-refractivity contribution is 0.797. The second kappa shape index (κ2) is 6.25. The van der Waals surface area contributed by atoms with Gasteiger partial charge in [0.05, 0.1) is 10.7 Å². The van der Waals surface area contributed by atoms with Gasteiger partial charge in [-0.2, -0.15) is 0 Å². The average Bonchev–Trinajstić information content (AvgIpc) is 2.18. The number of alkyl halides is 1. The van der Waals surface area contributed by atoms with E-state index in [-0.39, 0.29) is 0 Å². The summed E-state index contributed by atoms with van der Waals surface area (Å²) in [4.78, 5) is 6.24. The zero-order chi connectivity index (χ0) is 10.4. The van der Waals surface area contributed by atoms with Crippen LogP contribution in [0.2, 0.25) is 5.02 Å². The van der Waals surface area contributed by atoms with Gasteiger partial charge in [0.25, 0.3) is 0 Å². The average molecular weight is 278 g/mol. The Labute approximate surface area is 98.4 Å². The molecule has 0 aromatic carbocycles. The molecule has 0 atom stereocenters. The van der Waals surface area contributed by atoms with Gasteiger partial charge in [-0.3, -0.25) is 4.98 Å². The van der Waals surface area contributed by atoms with Crippen LogP contribution in [0.5, 0.6) is 0 Å². The summed E-state index contributed by atoms with van der Waals surface area (Å²) in [7, 11) is 0. The van der Waals surface area contributed by atoms with Crippen LogP contribution in [0.4, 0.5) is 5.69 Å². The number of halogens is 2. The predicted molar refractivity (Wildman–Crippen MR) is 65.5 cm³/mol. The van der Waals surface area contributed by atoms with E-state index in [1.807, 2.05) is 6.07 Å². The summed E-state index contributed by atoms with van der Waals surface area (Å²) in [6.45, 7) is 4.16. The Morgan fingerprint density at radius 3 is 2.86 bits per heavy atom. The van der Waals surface area contributed by atoms with Crippen molar-refractivity contribution in [3.63, 3.8) is 0 Å². The molecule has 78 valence electrons. The lowest BCUT2D eigenvalue weighted by Crippen LogP contribution is -2.26. The Morgan fingerprint density at radius 1 is 1.50 bits per heavy atom. The normalized spacial score (nSPS) is 10.2. The number of hydrogen-bond acceptors (Lipinski definition) is 2. The third-order valence-electron chi connectivity index (χ3n) is 1.94. The van der Waals surface area contributed by atoms with Gasteiger partial charge in [-0.1, -0.05) is 34.5 Å². The molecular formula is C10H14BrClN2. The van der Waals surface area contributed by atoms with E-state index in [1.165, 1.54) is 0 Å². The number of nitrogens with zero attached hydrogens (tertiary/aromatic N) is 2. The van der Waals surface area contributed by atoms with Crippen molar-refractivity contribution in [2.45, 2.75) is 13.3 Å². The third-order valence-corrected chi connectivity index (χ3v) is 2.59. The van der Waals surface area contributed by atoms with Crippen LogP contribution in [0.15, 0.2) is 18.5 Å². The smallest absolute Gasteiger partial charge is 0.0822 e. The number of aromatic nitrogens is 1. The second-order valence-corrected chi connectivity index (χ2v) is 4.20. The van der Waals surface area contributed by atoms with Crippen LogP contribution in [-0.2, 0) is 0 Å². The van der Waals surface area contributed by atoms with E-state index in [0.29, 0.717) is 0 Å². The van der Waals surface area contributed by atoms with Gasteiger partial charge in [0.1, 0.15) is 0 Å². The van der Waals surface area contributed by atoms with Crippen molar-refractivity contribution in [2.75, 3.05) is 23.3 Å². The van der Waals surface area contributed by atoms with E-state index in [4.69, 9.17) is 11.6 Å². The quantitative estimate of drug-likeness (QED) is 0.767. The standard InChI is InChI=1S/C10H14BrClN2/c1-2-6-14(7-4-11)10-3-5-13-8-9(10)12/h3,5,8H,2,4,6-7H2,1H3. The molecule has 0 saturated carbocycles. The lowest BCUT2D eigenvalue weighted by Gasteiger charge is -2.23. The topological polar surface area (TPSA) is 16.1 Å². The highest BCUT2D eigenvalue weighted by Gasteiger charge is 2.07. The first-order valence-corrected chi connectivity index (χ1v) is 6.20. The van der Waals surface area contributed by atoms with Gasteiger partial charge >= 0.3 is 0 Å². The fourth-order valence-corrected chi connectivity index (χ4v) is 2.02. The molecule has 4 heteroatoms. The van der Waals surface area contributed by atoms with Crippen molar-refractivity contribution in [1.82, 2.24) is 4.98 Å². The molecule has 0 amide bonds. The van der Waals surface area contributed by atoms with Crippen LogP contribution >= 0.6 is 27.5 Å². The van der Waals surface area contributed by atoms with E-state index >= 15 is 0 Å². The molecule has 1 heterocycles. The van der Waals surface area contributed by atoms with Gasteiger partial charge in [-0.15, -0.1) is 0 Å². The van der Waals surface area contributed by atoms with Gasteiger partial charge in [0, 0.05) is 30.8 Å². The molecule has 1 aromatic heterocycles. The van der Waals surface area contributed by atoms with Crippen molar-refractivity contribution < 1.29 is 0 Å². The molecule has 0 spiro atoms. The summed E-state index contributed by atoms with van der Waals surface area (Å²) in [6.07, 6.45) is 4.58. The molecule has 0 radical (unpaired) electrons. The van der Waals surface area contributed by atoms with E-state index in [2.05, 4.69) is 32.7 Å². The molecule has 2 nitrogen and oxygen atoms in total. The number of hydrogen-bond donors (Lipinski definition) is 0. The first-order chi connectivity index (χ1) is 6.79. The lowest BCUT2D eigenvalue weighted by atomic mass is 10.3. The molecule has 14 heavy (non-hydrogen) atoms. The Hall–Kier alpha value is -0.280. The zero-order valence-electron chi connectivity index (χ0n) is 8.21. The van der Waals surface area contributed by atoms with Gasteiger partial charge in [-0.05, 0) is 12.5 Å². The highest BCUT2D eigenvalue weighted by Crippen LogP contribution is 2.24. The van der Waals surface area contributed by atoms with Crippen molar-refractivity contribution in [2.24, 2.45) is 0 Å². The zero-order valence-corrected chi connectivity index (χ0v) is 10.6. The maximum atomic E-state index is 6.07. The van der Waals surface area contributed by atoms with Crippen LogP contribution in [0.1, 0.15) is 13.3 Å². The minimum atomic E-state index is 0.724. The summed E-state index contributed by atoms with van der Waals surface area (Å²) in [6, 6.07) is 1.96. The summed E-state index contributed by atoms with van der Waals surface area (Å²) in [5, 5.41) is 1.67. The maximum Gasteiger partial charge on any atom is 0.0822 e. The molecule has 0 unspecified atom stereocenters. The first-order valence-electron chi connectivity index (χ1n) is 4.70. The minimum Gasteiger partial charge on any atom is -0.369 e. The Bertz CT molecular complexity index is 275. The number of pyridine rings is 1. The molecule has 0 aliphatic carbocycles. The van der Waals surface area contributed by atoms with E-state index in [0.717, 1.165) is 35.6 Å². The largest absolute Gasteiger partial charge is 0.369 e. The highest BCUT2D eigenvalue weighted by atomic mass is 79.9. The SMILES string of the molecule is CCCN(CCBr)c1ccncc1Cl. The molecule has 1 rings (SSSR count). The van der Waals surface area contributed by atoms with E-state index in [9.17, 15) is 0 Å². The summed E-state index contributed by atoms with van der Waals surface area (Å²) < 4.78 is 0. The molecule has 0 aliphatic heterocycles. The number of anilines is 1. The fraction of sp³-hybridized carbons (Fsp3) is 0.500. The van der Waals surface area contributed by atoms with Crippen molar-refractivity contribution >= 4 is 33.2 Å². The number of rotatable bonds is 5. The van der Waals surface area contributed by atoms with Crippen molar-refractivity contribution in [3.8, 4) is 0 Å². The molecule has 0 bridgehead atoms. The van der Waals surface area contributed by atoms with Crippen LogP contribution in [0.25, 0.3) is 0 Å². The molecular weight excluding hydrogens is 263 g/mol. The van der Waals surface area contributed by atoms with Crippen LogP contribution in [0, 0.1) is 0 Å². The van der Waals surface area contributed by atoms with Crippen LogP contribution < -0.4 is 4.90 Å². The van der Waals surface area contributed by atoms with Gasteiger partial charge in [0.2, 0.25) is 0 Å². The van der Waals surface area contributed by atoms with E-state index in [1.54, 1.807) is 12.4 Å². The van der Waals surface area contributed by atoms with Gasteiger partial charge < -0.3 is 4.90 Å². The van der Waals surface area contributed by atoms with Gasteiger partial charge in [-0.25, -0.2) is 0 Å². The maximum absolute atomic E-state index is 6.07. The van der Waals surface area contributed by atoms with Crippen LogP contribution in [-0.4, -0.2) is 23.4 Å². The molecule has 1 aromatic rings. The molecule has 0 saturated heterocycles. The van der Waals surface area contributed by atoms with E-state index < -0.39 is 0 Å². The molecule has 0 fully saturated rings. The van der Waals surface area contributed by atoms with Gasteiger partial charge in [0.15, 0.2) is 0 Å². The minimum absolute atomic E-state index is 0.724. The molecule has 0 aliphatic rings. The predicted octanol–water partition coefficient (Wildman–Crippen LogP) is 3.35. The highest BCUT2D eigenvalue weighted by molar-refractivity contribution is 9.09. The Kier molecular flexibility index (Phi) is 5.26. The Balaban J connectivity index is 2.81.